The molecule has 0 aliphatic carbocycles. The normalized spacial score (nSPS) is 10.5. The SMILES string of the molecule is Cc1cnc(CCN(C)C(=O)c2ccc(C(=O)O)o2)s1. The highest BCUT2D eigenvalue weighted by atomic mass is 32.1. The Morgan fingerprint density at radius 1 is 1.40 bits per heavy atom. The Labute approximate surface area is 119 Å². The van der Waals surface area contributed by atoms with Crippen molar-refractivity contribution < 1.29 is 19.1 Å². The summed E-state index contributed by atoms with van der Waals surface area (Å²) in [5, 5.41) is 9.71. The summed E-state index contributed by atoms with van der Waals surface area (Å²) in [5.41, 5.74) is 0. The molecule has 106 valence electrons. The number of nitrogens with zero attached hydrogens (tertiary/aromatic N) is 2. The first-order chi connectivity index (χ1) is 9.47. The number of aryl methyl sites for hydroxylation is 1. The van der Waals surface area contributed by atoms with E-state index in [1.54, 1.807) is 24.6 Å². The van der Waals surface area contributed by atoms with Crippen molar-refractivity contribution in [3.63, 3.8) is 0 Å². The maximum absolute atomic E-state index is 12.0. The van der Waals surface area contributed by atoms with Gasteiger partial charge in [-0.3, -0.25) is 4.79 Å². The molecule has 1 amide bonds. The largest absolute Gasteiger partial charge is 0.475 e. The van der Waals surface area contributed by atoms with Crippen LogP contribution in [0.1, 0.15) is 31.0 Å². The second-order valence-electron chi connectivity index (χ2n) is 4.31. The zero-order chi connectivity index (χ0) is 14.7. The molecule has 0 saturated carbocycles. The van der Waals surface area contributed by atoms with Gasteiger partial charge in [0.25, 0.3) is 5.91 Å². The fourth-order valence-corrected chi connectivity index (χ4v) is 2.41. The molecule has 6 nitrogen and oxygen atoms in total. The topological polar surface area (TPSA) is 83.6 Å². The Kier molecular flexibility index (Phi) is 4.19. The average molecular weight is 294 g/mol. The summed E-state index contributed by atoms with van der Waals surface area (Å²) in [5.74, 6) is -1.74. The van der Waals surface area contributed by atoms with Gasteiger partial charge in [-0.05, 0) is 19.1 Å². The first-order valence-electron chi connectivity index (χ1n) is 5.97. The van der Waals surface area contributed by atoms with Gasteiger partial charge >= 0.3 is 5.97 Å². The number of aromatic nitrogens is 1. The van der Waals surface area contributed by atoms with Gasteiger partial charge in [-0.25, -0.2) is 9.78 Å². The molecule has 20 heavy (non-hydrogen) atoms. The smallest absolute Gasteiger partial charge is 0.371 e. The van der Waals surface area contributed by atoms with Crippen LogP contribution >= 0.6 is 11.3 Å². The number of carbonyl (C=O) groups excluding carboxylic acids is 1. The molecule has 0 spiro atoms. The zero-order valence-electron chi connectivity index (χ0n) is 11.1. The summed E-state index contributed by atoms with van der Waals surface area (Å²) in [6, 6.07) is 2.64. The Morgan fingerprint density at radius 3 is 2.65 bits per heavy atom. The van der Waals surface area contributed by atoms with E-state index in [4.69, 9.17) is 9.52 Å². The van der Waals surface area contributed by atoms with Crippen LogP contribution in [0.15, 0.2) is 22.7 Å². The Balaban J connectivity index is 1.95. The monoisotopic (exact) mass is 294 g/mol. The highest BCUT2D eigenvalue weighted by Crippen LogP contribution is 2.13. The summed E-state index contributed by atoms with van der Waals surface area (Å²) in [4.78, 5) is 29.6. The van der Waals surface area contributed by atoms with Crippen LogP contribution in [0.25, 0.3) is 0 Å². The number of carbonyl (C=O) groups is 2. The lowest BCUT2D eigenvalue weighted by atomic mass is 10.3. The zero-order valence-corrected chi connectivity index (χ0v) is 11.9. The number of carboxylic acid groups (broad SMARTS) is 1. The molecule has 2 aromatic heterocycles. The van der Waals surface area contributed by atoms with Crippen molar-refractivity contribution in [1.29, 1.82) is 0 Å². The fourth-order valence-electron chi connectivity index (χ4n) is 1.64. The molecule has 0 radical (unpaired) electrons. The molecule has 0 aliphatic heterocycles. The van der Waals surface area contributed by atoms with Gasteiger partial charge < -0.3 is 14.4 Å². The maximum atomic E-state index is 12.0. The van der Waals surface area contributed by atoms with E-state index in [-0.39, 0.29) is 17.4 Å². The molecule has 0 aromatic carbocycles. The number of hydrogen-bond acceptors (Lipinski definition) is 5. The molecule has 0 aliphatic rings. The Bertz CT molecular complexity index is 632. The van der Waals surface area contributed by atoms with Crippen molar-refractivity contribution in [2.45, 2.75) is 13.3 Å². The van der Waals surface area contributed by atoms with Crippen LogP contribution in [-0.4, -0.2) is 40.5 Å². The van der Waals surface area contributed by atoms with Crippen molar-refractivity contribution in [2.24, 2.45) is 0 Å². The predicted molar refractivity (Wildman–Crippen MR) is 73.2 cm³/mol. The third-order valence-corrected chi connectivity index (χ3v) is 3.68. The number of rotatable bonds is 5. The van der Waals surface area contributed by atoms with Crippen LogP contribution in [0.3, 0.4) is 0 Å². The minimum Gasteiger partial charge on any atom is -0.475 e. The van der Waals surface area contributed by atoms with E-state index in [2.05, 4.69) is 4.98 Å². The van der Waals surface area contributed by atoms with Gasteiger partial charge in [-0.2, -0.15) is 0 Å². The molecular weight excluding hydrogens is 280 g/mol. The molecule has 2 aromatic rings. The number of amides is 1. The van der Waals surface area contributed by atoms with Crippen molar-refractivity contribution in [3.05, 3.63) is 39.7 Å². The molecule has 0 unspecified atom stereocenters. The van der Waals surface area contributed by atoms with E-state index in [1.807, 2.05) is 6.92 Å². The molecular formula is C13H14N2O4S. The van der Waals surface area contributed by atoms with Gasteiger partial charge in [-0.1, -0.05) is 0 Å². The van der Waals surface area contributed by atoms with Gasteiger partial charge in [0.15, 0.2) is 5.76 Å². The molecule has 0 atom stereocenters. The second kappa shape index (κ2) is 5.87. The number of furan rings is 1. The molecule has 2 rings (SSSR count). The number of likely N-dealkylation sites (N-methyl/N-ethyl adjacent to an activating group) is 1. The van der Waals surface area contributed by atoms with Crippen LogP contribution in [0.4, 0.5) is 0 Å². The molecule has 1 N–H and O–H groups in total. The number of carboxylic acids is 1. The van der Waals surface area contributed by atoms with Gasteiger partial charge in [0.2, 0.25) is 5.76 Å². The molecule has 2 heterocycles. The second-order valence-corrected chi connectivity index (χ2v) is 5.63. The van der Waals surface area contributed by atoms with E-state index in [1.165, 1.54) is 17.0 Å². The third kappa shape index (κ3) is 3.24. The van der Waals surface area contributed by atoms with E-state index < -0.39 is 5.97 Å². The standard InChI is InChI=1S/C13H14N2O4S/c1-8-7-14-11(20-8)5-6-15(2)12(16)9-3-4-10(19-9)13(17)18/h3-4,7H,5-6H2,1-2H3,(H,17,18). The molecule has 0 bridgehead atoms. The summed E-state index contributed by atoms with van der Waals surface area (Å²) < 4.78 is 4.98. The number of hydrogen-bond donors (Lipinski definition) is 1. The third-order valence-electron chi connectivity index (χ3n) is 2.70. The summed E-state index contributed by atoms with van der Waals surface area (Å²) in [7, 11) is 1.64. The van der Waals surface area contributed by atoms with Crippen LogP contribution < -0.4 is 0 Å². The highest BCUT2D eigenvalue weighted by Gasteiger charge is 2.18. The maximum Gasteiger partial charge on any atom is 0.371 e. The lowest BCUT2D eigenvalue weighted by molar-refractivity contribution is 0.0654. The fraction of sp³-hybridized carbons (Fsp3) is 0.308. The van der Waals surface area contributed by atoms with E-state index in [9.17, 15) is 9.59 Å². The lowest BCUT2D eigenvalue weighted by Gasteiger charge is -2.14. The van der Waals surface area contributed by atoms with Crippen LogP contribution in [0, 0.1) is 6.92 Å². The van der Waals surface area contributed by atoms with Crippen molar-refractivity contribution in [1.82, 2.24) is 9.88 Å². The van der Waals surface area contributed by atoms with Crippen LogP contribution in [0.5, 0.6) is 0 Å². The first-order valence-corrected chi connectivity index (χ1v) is 6.79. The Morgan fingerprint density at radius 2 is 2.10 bits per heavy atom. The molecule has 7 heteroatoms. The van der Waals surface area contributed by atoms with Crippen molar-refractivity contribution in [2.75, 3.05) is 13.6 Å². The van der Waals surface area contributed by atoms with Crippen LogP contribution in [0.2, 0.25) is 0 Å². The van der Waals surface area contributed by atoms with E-state index >= 15 is 0 Å². The number of thiazole rings is 1. The summed E-state index contributed by atoms with van der Waals surface area (Å²) in [6.45, 7) is 2.47. The van der Waals surface area contributed by atoms with E-state index in [0.29, 0.717) is 13.0 Å². The van der Waals surface area contributed by atoms with Gasteiger partial charge in [0.05, 0.1) is 5.01 Å². The summed E-state index contributed by atoms with van der Waals surface area (Å²) >= 11 is 1.60. The minimum absolute atomic E-state index is 0.0280. The van der Waals surface area contributed by atoms with Crippen molar-refractivity contribution >= 4 is 23.2 Å². The van der Waals surface area contributed by atoms with E-state index in [0.717, 1.165) is 9.88 Å². The van der Waals surface area contributed by atoms with Crippen molar-refractivity contribution in [3.8, 4) is 0 Å². The van der Waals surface area contributed by atoms with Gasteiger partial charge in [0.1, 0.15) is 0 Å². The summed E-state index contributed by atoms with van der Waals surface area (Å²) in [6.07, 6.45) is 2.46. The first kappa shape index (κ1) is 14.3. The highest BCUT2D eigenvalue weighted by molar-refractivity contribution is 7.11. The predicted octanol–water partition coefficient (Wildman–Crippen LogP) is 2.06. The number of aromatic carboxylic acids is 1. The van der Waals surface area contributed by atoms with Crippen LogP contribution in [-0.2, 0) is 6.42 Å². The Hall–Kier alpha value is -2.15. The molecule has 0 fully saturated rings. The quantitative estimate of drug-likeness (QED) is 0.912. The minimum atomic E-state index is -1.19. The van der Waals surface area contributed by atoms with Gasteiger partial charge in [0, 0.05) is 31.1 Å². The van der Waals surface area contributed by atoms with Gasteiger partial charge in [-0.15, -0.1) is 11.3 Å². The molecule has 0 saturated heterocycles. The average Bonchev–Trinajstić information content (AvgIpc) is 3.03. The lowest BCUT2D eigenvalue weighted by Crippen LogP contribution is -2.28.